The number of aromatic nitrogens is 2. The summed E-state index contributed by atoms with van der Waals surface area (Å²) in [6.45, 7) is 9.46. The van der Waals surface area contributed by atoms with Crippen LogP contribution in [0.1, 0.15) is 47.9 Å². The highest BCUT2D eigenvalue weighted by Crippen LogP contribution is 2.28. The fourth-order valence-corrected chi connectivity index (χ4v) is 5.61. The van der Waals surface area contributed by atoms with Gasteiger partial charge >= 0.3 is 6.09 Å². The number of carbonyl (C=O) groups is 1. The Morgan fingerprint density at radius 3 is 2.42 bits per heavy atom. The van der Waals surface area contributed by atoms with Crippen LogP contribution in [0.5, 0.6) is 11.5 Å². The summed E-state index contributed by atoms with van der Waals surface area (Å²) in [5.41, 5.74) is 3.55. The van der Waals surface area contributed by atoms with Crippen molar-refractivity contribution in [1.82, 2.24) is 14.9 Å². The van der Waals surface area contributed by atoms with Gasteiger partial charge in [-0.3, -0.25) is 4.90 Å². The number of ether oxygens (including phenoxy) is 2. The summed E-state index contributed by atoms with van der Waals surface area (Å²) in [4.78, 5) is 26.2. The fourth-order valence-electron chi connectivity index (χ4n) is 5.61. The van der Waals surface area contributed by atoms with Gasteiger partial charge in [0, 0.05) is 30.6 Å². The number of nitrogens with zero attached hydrogens (tertiary/aromatic N) is 4. The van der Waals surface area contributed by atoms with Crippen LogP contribution >= 0.6 is 0 Å². The number of rotatable bonds is 11. The first-order valence-electron chi connectivity index (χ1n) is 15.3. The molecule has 1 N–H and O–H groups in total. The lowest BCUT2D eigenvalue weighted by Crippen LogP contribution is -2.34. The molecule has 2 heterocycles. The van der Waals surface area contributed by atoms with Crippen LogP contribution in [0.15, 0.2) is 66.9 Å². The molecule has 1 fully saturated rings. The highest BCUT2D eigenvalue weighted by molar-refractivity contribution is 5.88. The third-order valence-electron chi connectivity index (χ3n) is 7.62. The zero-order valence-electron chi connectivity index (χ0n) is 26.0. The van der Waals surface area contributed by atoms with E-state index in [1.165, 1.54) is 42.5 Å². The van der Waals surface area contributed by atoms with Crippen LogP contribution < -0.4 is 19.7 Å². The van der Waals surface area contributed by atoms with E-state index >= 15 is 0 Å². The van der Waals surface area contributed by atoms with Gasteiger partial charge in [0.2, 0.25) is 5.95 Å². The standard InChI is InChI=1S/C35H39F2N5O3/c1-24-17-25(2)33(26(3)18-24)45-35(43)42(23-27-19-28(36)21-29(37)20-27)32-11-12-38-34(40-32)39-30-9-7-10-31(22-30)44-16-8-15-41-13-5-4-6-14-41/h7,9-12,17-22H,4-6,8,13-16,23H2,1-3H3,(H,38,39,40). The van der Waals surface area contributed by atoms with E-state index in [9.17, 15) is 13.6 Å². The maximum absolute atomic E-state index is 14.1. The summed E-state index contributed by atoms with van der Waals surface area (Å²) >= 11 is 0. The molecule has 0 radical (unpaired) electrons. The molecule has 1 amide bonds. The molecule has 5 rings (SSSR count). The summed E-state index contributed by atoms with van der Waals surface area (Å²) in [5.74, 6) is 0.0536. The number of nitrogens with one attached hydrogen (secondary N) is 1. The Bertz CT molecular complexity index is 1580. The molecule has 0 aliphatic carbocycles. The average Bonchev–Trinajstić information content (AvgIpc) is 3.00. The van der Waals surface area contributed by atoms with E-state index in [1.54, 1.807) is 6.07 Å². The van der Waals surface area contributed by atoms with Gasteiger partial charge < -0.3 is 19.7 Å². The molecule has 1 aromatic heterocycles. The minimum absolute atomic E-state index is 0.186. The molecule has 1 saturated heterocycles. The van der Waals surface area contributed by atoms with Gasteiger partial charge in [0.25, 0.3) is 0 Å². The Kier molecular flexibility index (Phi) is 10.6. The van der Waals surface area contributed by atoms with Crippen LogP contribution in [0.4, 0.5) is 31.0 Å². The van der Waals surface area contributed by atoms with Crippen LogP contribution in [0, 0.1) is 32.4 Å². The van der Waals surface area contributed by atoms with Gasteiger partial charge in [-0.1, -0.05) is 30.2 Å². The average molecular weight is 616 g/mol. The highest BCUT2D eigenvalue weighted by atomic mass is 19.1. The number of amides is 1. The van der Waals surface area contributed by atoms with Crippen molar-refractivity contribution < 1.29 is 23.0 Å². The molecular weight excluding hydrogens is 576 g/mol. The Morgan fingerprint density at radius 1 is 0.956 bits per heavy atom. The molecular formula is C35H39F2N5O3. The number of anilines is 3. The van der Waals surface area contributed by atoms with Crippen molar-refractivity contribution in [2.24, 2.45) is 0 Å². The molecule has 0 atom stereocenters. The number of carbonyl (C=O) groups excluding carboxylic acids is 1. The topological polar surface area (TPSA) is 79.8 Å². The van der Waals surface area contributed by atoms with Crippen molar-refractivity contribution >= 4 is 23.5 Å². The number of aryl methyl sites for hydroxylation is 3. The van der Waals surface area contributed by atoms with Crippen molar-refractivity contribution in [2.75, 3.05) is 36.5 Å². The smallest absolute Gasteiger partial charge is 0.421 e. The molecule has 4 aromatic rings. The van der Waals surface area contributed by atoms with Crippen molar-refractivity contribution in [3.05, 3.63) is 101 Å². The van der Waals surface area contributed by atoms with Gasteiger partial charge in [-0.2, -0.15) is 4.98 Å². The first-order valence-corrected chi connectivity index (χ1v) is 15.3. The Balaban J connectivity index is 1.32. The van der Waals surface area contributed by atoms with E-state index < -0.39 is 17.7 Å². The van der Waals surface area contributed by atoms with Crippen LogP contribution in [0.25, 0.3) is 0 Å². The predicted octanol–water partition coefficient (Wildman–Crippen LogP) is 7.88. The van der Waals surface area contributed by atoms with Crippen molar-refractivity contribution in [3.8, 4) is 11.5 Å². The first-order chi connectivity index (χ1) is 21.7. The lowest BCUT2D eigenvalue weighted by atomic mass is 10.1. The van der Waals surface area contributed by atoms with E-state index in [1.807, 2.05) is 57.2 Å². The quantitative estimate of drug-likeness (QED) is 0.172. The van der Waals surface area contributed by atoms with Crippen LogP contribution in [-0.2, 0) is 6.54 Å². The second-order valence-corrected chi connectivity index (χ2v) is 11.5. The van der Waals surface area contributed by atoms with E-state index in [4.69, 9.17) is 9.47 Å². The van der Waals surface area contributed by atoms with Gasteiger partial charge in [-0.05, 0) is 100 Å². The van der Waals surface area contributed by atoms with E-state index in [0.717, 1.165) is 54.6 Å². The zero-order chi connectivity index (χ0) is 31.8. The molecule has 0 unspecified atom stereocenters. The SMILES string of the molecule is Cc1cc(C)c(OC(=O)N(Cc2cc(F)cc(F)c2)c2ccnc(Nc3cccc(OCCCN4CCCCC4)c3)n2)c(C)c1. The number of hydrogen-bond acceptors (Lipinski definition) is 7. The van der Waals surface area contributed by atoms with E-state index in [-0.39, 0.29) is 23.9 Å². The zero-order valence-corrected chi connectivity index (χ0v) is 26.0. The maximum atomic E-state index is 14.1. The largest absolute Gasteiger partial charge is 0.493 e. The summed E-state index contributed by atoms with van der Waals surface area (Å²) in [5, 5.41) is 3.17. The molecule has 1 aliphatic heterocycles. The van der Waals surface area contributed by atoms with Gasteiger partial charge in [0.05, 0.1) is 13.2 Å². The second kappa shape index (κ2) is 14.9. The predicted molar refractivity (Wildman–Crippen MR) is 171 cm³/mol. The van der Waals surface area contributed by atoms with Crippen molar-refractivity contribution in [2.45, 2.75) is 53.0 Å². The molecule has 45 heavy (non-hydrogen) atoms. The summed E-state index contributed by atoms with van der Waals surface area (Å²) in [7, 11) is 0. The number of benzene rings is 3. The fraction of sp³-hybridized carbons (Fsp3) is 0.343. The lowest BCUT2D eigenvalue weighted by molar-refractivity contribution is 0.205. The normalized spacial score (nSPS) is 13.4. The number of likely N-dealkylation sites (tertiary alicyclic amines) is 1. The van der Waals surface area contributed by atoms with Gasteiger partial charge in [-0.25, -0.2) is 18.6 Å². The number of piperidine rings is 1. The Hall–Kier alpha value is -4.57. The van der Waals surface area contributed by atoms with Crippen LogP contribution in [-0.4, -0.2) is 47.2 Å². The van der Waals surface area contributed by atoms with Gasteiger partial charge in [0.15, 0.2) is 0 Å². The summed E-state index contributed by atoms with van der Waals surface area (Å²) in [6.07, 6.45) is 5.56. The third kappa shape index (κ3) is 8.98. The Morgan fingerprint density at radius 2 is 1.69 bits per heavy atom. The Labute approximate surface area is 263 Å². The van der Waals surface area contributed by atoms with Crippen LogP contribution in [0.3, 0.4) is 0 Å². The monoisotopic (exact) mass is 615 g/mol. The maximum Gasteiger partial charge on any atom is 0.421 e. The molecule has 3 aromatic carbocycles. The van der Waals surface area contributed by atoms with E-state index in [0.29, 0.717) is 18.0 Å². The molecule has 236 valence electrons. The summed E-state index contributed by atoms with van der Waals surface area (Å²) in [6, 6.07) is 16.0. The number of halogens is 2. The minimum Gasteiger partial charge on any atom is -0.493 e. The second-order valence-electron chi connectivity index (χ2n) is 11.5. The molecule has 1 aliphatic rings. The third-order valence-corrected chi connectivity index (χ3v) is 7.62. The lowest BCUT2D eigenvalue weighted by Gasteiger charge is -2.26. The van der Waals surface area contributed by atoms with Crippen molar-refractivity contribution in [1.29, 1.82) is 0 Å². The van der Waals surface area contributed by atoms with Crippen LogP contribution in [0.2, 0.25) is 0 Å². The summed E-state index contributed by atoms with van der Waals surface area (Å²) < 4.78 is 40.0. The minimum atomic E-state index is -0.751. The molecule has 0 spiro atoms. The molecule has 0 bridgehead atoms. The van der Waals surface area contributed by atoms with E-state index in [2.05, 4.69) is 20.2 Å². The van der Waals surface area contributed by atoms with Gasteiger partial charge in [-0.15, -0.1) is 0 Å². The molecule has 8 nitrogen and oxygen atoms in total. The van der Waals surface area contributed by atoms with Crippen molar-refractivity contribution in [3.63, 3.8) is 0 Å². The molecule has 0 saturated carbocycles. The van der Waals surface area contributed by atoms with Gasteiger partial charge in [0.1, 0.15) is 29.0 Å². The first kappa shape index (κ1) is 31.8. The highest BCUT2D eigenvalue weighted by Gasteiger charge is 2.23. The number of hydrogen-bond donors (Lipinski definition) is 1. The molecule has 10 heteroatoms.